The van der Waals surface area contributed by atoms with Crippen molar-refractivity contribution in [2.45, 2.75) is 33.2 Å². The van der Waals surface area contributed by atoms with Crippen LogP contribution in [0.1, 0.15) is 30.0 Å². The zero-order valence-corrected chi connectivity index (χ0v) is 10.4. The fourth-order valence-electron chi connectivity index (χ4n) is 1.42. The zero-order chi connectivity index (χ0) is 12.1. The van der Waals surface area contributed by atoms with Gasteiger partial charge in [0.2, 0.25) is 0 Å². The second-order valence-corrected chi connectivity index (χ2v) is 3.92. The summed E-state index contributed by atoms with van der Waals surface area (Å²) in [5, 5.41) is 0. The molecule has 0 saturated carbocycles. The maximum Gasteiger partial charge on any atom is 0.122 e. The molecular formula is C14H19NO. The Hall–Kier alpha value is -1.46. The Labute approximate surface area is 97.8 Å². The lowest BCUT2D eigenvalue weighted by molar-refractivity contribution is 0.411. The molecule has 1 unspecified atom stereocenters. The Morgan fingerprint density at radius 2 is 2.00 bits per heavy atom. The van der Waals surface area contributed by atoms with Crippen molar-refractivity contribution in [3.8, 4) is 17.6 Å². The molecule has 0 aliphatic carbocycles. The molecule has 0 amide bonds. The Kier molecular flexibility index (Phi) is 4.39. The molecule has 0 saturated heterocycles. The van der Waals surface area contributed by atoms with Crippen LogP contribution in [0.5, 0.6) is 5.75 Å². The molecule has 0 aromatic heterocycles. The van der Waals surface area contributed by atoms with Gasteiger partial charge >= 0.3 is 0 Å². The van der Waals surface area contributed by atoms with Crippen LogP contribution in [-0.4, -0.2) is 13.2 Å². The standard InChI is InChI=1S/C14H19NO/c1-5-13(15)7-6-12-8-11(3)14(16-4)9-10(12)2/h8-9,13H,5,15H2,1-4H3. The molecule has 1 aromatic carbocycles. The summed E-state index contributed by atoms with van der Waals surface area (Å²) in [7, 11) is 1.68. The number of ether oxygens (including phenoxy) is 1. The lowest BCUT2D eigenvalue weighted by Gasteiger charge is -2.07. The van der Waals surface area contributed by atoms with Gasteiger partial charge in [-0.05, 0) is 43.5 Å². The van der Waals surface area contributed by atoms with Crippen molar-refractivity contribution in [1.82, 2.24) is 0 Å². The molecule has 16 heavy (non-hydrogen) atoms. The molecule has 1 rings (SSSR count). The highest BCUT2D eigenvalue weighted by Crippen LogP contribution is 2.21. The molecule has 2 nitrogen and oxygen atoms in total. The molecule has 0 spiro atoms. The summed E-state index contributed by atoms with van der Waals surface area (Å²) in [5.41, 5.74) is 9.02. The van der Waals surface area contributed by atoms with E-state index in [1.165, 1.54) is 0 Å². The first-order valence-corrected chi connectivity index (χ1v) is 5.50. The van der Waals surface area contributed by atoms with Crippen LogP contribution in [0.25, 0.3) is 0 Å². The predicted molar refractivity (Wildman–Crippen MR) is 67.6 cm³/mol. The number of hydrogen-bond acceptors (Lipinski definition) is 2. The van der Waals surface area contributed by atoms with Crippen LogP contribution in [0.3, 0.4) is 0 Å². The first kappa shape index (κ1) is 12.6. The van der Waals surface area contributed by atoms with Crippen LogP contribution >= 0.6 is 0 Å². The number of rotatable bonds is 2. The van der Waals surface area contributed by atoms with E-state index in [1.807, 2.05) is 32.9 Å². The monoisotopic (exact) mass is 217 g/mol. The lowest BCUT2D eigenvalue weighted by atomic mass is 10.0. The van der Waals surface area contributed by atoms with Gasteiger partial charge in [-0.15, -0.1) is 0 Å². The highest BCUT2D eigenvalue weighted by atomic mass is 16.5. The van der Waals surface area contributed by atoms with Gasteiger partial charge in [0.25, 0.3) is 0 Å². The minimum atomic E-state index is -0.0400. The van der Waals surface area contributed by atoms with Crippen molar-refractivity contribution in [2.24, 2.45) is 5.73 Å². The van der Waals surface area contributed by atoms with Crippen LogP contribution in [0.4, 0.5) is 0 Å². The van der Waals surface area contributed by atoms with Crippen molar-refractivity contribution < 1.29 is 4.74 Å². The van der Waals surface area contributed by atoms with Crippen molar-refractivity contribution >= 4 is 0 Å². The Balaban J connectivity index is 3.05. The summed E-state index contributed by atoms with van der Waals surface area (Å²) >= 11 is 0. The molecule has 2 N–H and O–H groups in total. The van der Waals surface area contributed by atoms with E-state index in [1.54, 1.807) is 7.11 Å². The Bertz CT molecular complexity index is 426. The predicted octanol–water partition coefficient (Wildman–Crippen LogP) is 2.40. The maximum absolute atomic E-state index is 5.77. The third-order valence-corrected chi connectivity index (χ3v) is 2.57. The molecule has 1 atom stereocenters. The van der Waals surface area contributed by atoms with Crippen LogP contribution in [0.15, 0.2) is 12.1 Å². The Morgan fingerprint density at radius 3 is 2.56 bits per heavy atom. The smallest absolute Gasteiger partial charge is 0.122 e. The van der Waals surface area contributed by atoms with Gasteiger partial charge in [0.15, 0.2) is 0 Å². The van der Waals surface area contributed by atoms with Crippen molar-refractivity contribution in [3.63, 3.8) is 0 Å². The average Bonchev–Trinajstić information content (AvgIpc) is 2.29. The van der Waals surface area contributed by atoms with E-state index in [4.69, 9.17) is 10.5 Å². The van der Waals surface area contributed by atoms with Gasteiger partial charge in [-0.2, -0.15) is 0 Å². The number of methoxy groups -OCH3 is 1. The van der Waals surface area contributed by atoms with Crippen LogP contribution in [0, 0.1) is 25.7 Å². The largest absolute Gasteiger partial charge is 0.496 e. The van der Waals surface area contributed by atoms with Gasteiger partial charge in [0.1, 0.15) is 5.75 Å². The van der Waals surface area contributed by atoms with Crippen LogP contribution in [0.2, 0.25) is 0 Å². The molecule has 0 bridgehead atoms. The first-order chi connectivity index (χ1) is 7.58. The third kappa shape index (κ3) is 3.01. The fraction of sp³-hybridized carbons (Fsp3) is 0.429. The molecule has 0 heterocycles. The normalized spacial score (nSPS) is 11.6. The topological polar surface area (TPSA) is 35.2 Å². The van der Waals surface area contributed by atoms with Gasteiger partial charge in [-0.3, -0.25) is 0 Å². The summed E-state index contributed by atoms with van der Waals surface area (Å²) in [6.07, 6.45) is 0.876. The quantitative estimate of drug-likeness (QED) is 0.772. The molecule has 2 heteroatoms. The SMILES string of the molecule is CCC(N)C#Cc1cc(C)c(OC)cc1C. The van der Waals surface area contributed by atoms with Crippen molar-refractivity contribution in [3.05, 3.63) is 28.8 Å². The van der Waals surface area contributed by atoms with E-state index >= 15 is 0 Å². The van der Waals surface area contributed by atoms with Crippen molar-refractivity contribution in [2.75, 3.05) is 7.11 Å². The van der Waals surface area contributed by atoms with E-state index in [2.05, 4.69) is 11.8 Å². The third-order valence-electron chi connectivity index (χ3n) is 2.57. The van der Waals surface area contributed by atoms with E-state index in [-0.39, 0.29) is 6.04 Å². The number of aryl methyl sites for hydroxylation is 2. The first-order valence-electron chi connectivity index (χ1n) is 5.50. The fourth-order valence-corrected chi connectivity index (χ4v) is 1.42. The molecule has 0 aliphatic rings. The number of benzene rings is 1. The summed E-state index contributed by atoms with van der Waals surface area (Å²) in [5.74, 6) is 7.07. The zero-order valence-electron chi connectivity index (χ0n) is 10.4. The average molecular weight is 217 g/mol. The number of hydrogen-bond donors (Lipinski definition) is 1. The second-order valence-electron chi connectivity index (χ2n) is 3.92. The molecule has 0 radical (unpaired) electrons. The van der Waals surface area contributed by atoms with E-state index in [0.29, 0.717) is 0 Å². The van der Waals surface area contributed by atoms with E-state index in [9.17, 15) is 0 Å². The minimum absolute atomic E-state index is 0.0400. The van der Waals surface area contributed by atoms with E-state index in [0.717, 1.165) is 28.9 Å². The van der Waals surface area contributed by atoms with Gasteiger partial charge in [0, 0.05) is 5.56 Å². The number of nitrogens with two attached hydrogens (primary N) is 1. The van der Waals surface area contributed by atoms with Crippen LogP contribution < -0.4 is 10.5 Å². The summed E-state index contributed by atoms with van der Waals surface area (Å²) in [6.45, 7) is 6.08. The minimum Gasteiger partial charge on any atom is -0.496 e. The molecule has 86 valence electrons. The highest BCUT2D eigenvalue weighted by Gasteiger charge is 2.02. The highest BCUT2D eigenvalue weighted by molar-refractivity contribution is 5.49. The van der Waals surface area contributed by atoms with Gasteiger partial charge in [-0.1, -0.05) is 18.8 Å². The van der Waals surface area contributed by atoms with Gasteiger partial charge < -0.3 is 10.5 Å². The Morgan fingerprint density at radius 1 is 1.31 bits per heavy atom. The molecule has 1 aromatic rings. The summed E-state index contributed by atoms with van der Waals surface area (Å²) in [4.78, 5) is 0. The molecule has 0 aliphatic heterocycles. The lowest BCUT2D eigenvalue weighted by Crippen LogP contribution is -2.15. The molecule has 0 fully saturated rings. The van der Waals surface area contributed by atoms with E-state index < -0.39 is 0 Å². The van der Waals surface area contributed by atoms with Gasteiger partial charge in [0.05, 0.1) is 13.2 Å². The second kappa shape index (κ2) is 5.58. The molecular weight excluding hydrogens is 198 g/mol. The van der Waals surface area contributed by atoms with Gasteiger partial charge in [-0.25, -0.2) is 0 Å². The van der Waals surface area contributed by atoms with Crippen LogP contribution in [-0.2, 0) is 0 Å². The summed E-state index contributed by atoms with van der Waals surface area (Å²) in [6, 6.07) is 4.02. The maximum atomic E-state index is 5.77. The van der Waals surface area contributed by atoms with Crippen molar-refractivity contribution in [1.29, 1.82) is 0 Å². The summed E-state index contributed by atoms with van der Waals surface area (Å²) < 4.78 is 5.25.